The van der Waals surface area contributed by atoms with E-state index in [9.17, 15) is 14.9 Å². The van der Waals surface area contributed by atoms with Crippen molar-refractivity contribution in [3.8, 4) is 6.07 Å². The minimum absolute atomic E-state index is 0. The lowest BCUT2D eigenvalue weighted by atomic mass is 9.87. The number of benzene rings is 2. The Bertz CT molecular complexity index is 1070. The number of nitrogens with one attached hydrogen (secondary N) is 1. The van der Waals surface area contributed by atoms with Crippen molar-refractivity contribution in [3.05, 3.63) is 81.9 Å². The molecule has 34 heavy (non-hydrogen) atoms. The molecule has 0 bridgehead atoms. The summed E-state index contributed by atoms with van der Waals surface area (Å²) in [5.41, 5.74) is 3.89. The van der Waals surface area contributed by atoms with Gasteiger partial charge in [-0.15, -0.1) is 12.4 Å². The zero-order valence-corrected chi connectivity index (χ0v) is 20.8. The summed E-state index contributed by atoms with van der Waals surface area (Å²) in [6, 6.07) is 20.6. The molecule has 4 rings (SSSR count). The van der Waals surface area contributed by atoms with Crippen LogP contribution >= 0.6 is 24.2 Å². The first-order chi connectivity index (χ1) is 16.0. The number of hydrogen-bond acceptors (Lipinski definition) is 5. The van der Waals surface area contributed by atoms with Gasteiger partial charge in [0.05, 0.1) is 22.4 Å². The van der Waals surface area contributed by atoms with Gasteiger partial charge in [-0.25, -0.2) is 0 Å². The molecule has 2 aromatic carbocycles. The number of nitriles is 1. The molecule has 1 unspecified atom stereocenters. The van der Waals surface area contributed by atoms with Crippen LogP contribution in [0.3, 0.4) is 0 Å². The highest BCUT2D eigenvalue weighted by Gasteiger charge is 2.30. The van der Waals surface area contributed by atoms with Crippen LogP contribution in [0.5, 0.6) is 0 Å². The molecule has 178 valence electrons. The maximum atomic E-state index is 12.8. The average molecular weight is 497 g/mol. The molecule has 0 aliphatic carbocycles. The summed E-state index contributed by atoms with van der Waals surface area (Å²) in [5.74, 6) is -0.150. The van der Waals surface area contributed by atoms with Crippen LogP contribution in [-0.4, -0.2) is 53.5 Å². The summed E-state index contributed by atoms with van der Waals surface area (Å²) in [7, 11) is 0. The Labute approximate surface area is 211 Å². The lowest BCUT2D eigenvalue weighted by Crippen LogP contribution is -2.48. The first kappa shape index (κ1) is 25.8. The topological polar surface area (TPSA) is 76.4 Å². The van der Waals surface area contributed by atoms with E-state index in [-0.39, 0.29) is 42.3 Å². The molecule has 0 aromatic heterocycles. The molecule has 1 fully saturated rings. The van der Waals surface area contributed by atoms with E-state index in [1.165, 1.54) is 17.3 Å². The summed E-state index contributed by atoms with van der Waals surface area (Å²) in [6.45, 7) is 5.95. The fourth-order valence-electron chi connectivity index (χ4n) is 4.24. The van der Waals surface area contributed by atoms with Crippen LogP contribution in [0.4, 0.5) is 0 Å². The van der Waals surface area contributed by atoms with Gasteiger partial charge in [-0.05, 0) is 18.1 Å². The molecule has 6 nitrogen and oxygen atoms in total. The number of hydrogen-bond donors (Lipinski definition) is 1. The van der Waals surface area contributed by atoms with E-state index < -0.39 is 0 Å². The molecule has 8 heteroatoms. The molecule has 2 aliphatic heterocycles. The van der Waals surface area contributed by atoms with Gasteiger partial charge in [0.1, 0.15) is 0 Å². The third kappa shape index (κ3) is 6.41. The fourth-order valence-corrected chi connectivity index (χ4v) is 5.22. The molecular formula is C26H29ClN4O2S. The van der Waals surface area contributed by atoms with E-state index in [0.29, 0.717) is 23.7 Å². The normalized spacial score (nSPS) is 18.6. The zero-order chi connectivity index (χ0) is 23.2. The number of amides is 2. The van der Waals surface area contributed by atoms with Gasteiger partial charge in [0, 0.05) is 45.1 Å². The molecule has 1 saturated heterocycles. The van der Waals surface area contributed by atoms with Crippen LogP contribution in [-0.2, 0) is 16.1 Å². The highest BCUT2D eigenvalue weighted by atomic mass is 35.5. The number of rotatable bonds is 6. The quantitative estimate of drug-likeness (QED) is 0.657. The van der Waals surface area contributed by atoms with E-state index in [1.807, 2.05) is 54.3 Å². The molecular weight excluding hydrogens is 468 g/mol. The number of allylic oxidation sites excluding steroid dienone is 1. The van der Waals surface area contributed by atoms with Crippen molar-refractivity contribution < 1.29 is 9.59 Å². The van der Waals surface area contributed by atoms with Gasteiger partial charge in [-0.3, -0.25) is 14.5 Å². The summed E-state index contributed by atoms with van der Waals surface area (Å²) in [5, 5.41) is 13.2. The summed E-state index contributed by atoms with van der Waals surface area (Å²) in [6.07, 6.45) is 0.243. The Morgan fingerprint density at radius 3 is 2.41 bits per heavy atom. The monoisotopic (exact) mass is 496 g/mol. The van der Waals surface area contributed by atoms with Crippen molar-refractivity contribution in [2.75, 3.05) is 31.9 Å². The van der Waals surface area contributed by atoms with Gasteiger partial charge in [0.25, 0.3) is 0 Å². The second-order valence-electron chi connectivity index (χ2n) is 8.50. The Morgan fingerprint density at radius 2 is 1.76 bits per heavy atom. The number of carbonyl (C=O) groups is 2. The SMILES string of the molecule is Cc1ccc(C2CC(=O)NC(SCC(=O)N3CCN(Cc4ccccc4)CC3)=C2C#N)cc1.Cl. The summed E-state index contributed by atoms with van der Waals surface area (Å²) in [4.78, 5) is 29.4. The van der Waals surface area contributed by atoms with E-state index in [2.05, 4.69) is 28.4 Å². The fraction of sp³-hybridized carbons (Fsp3) is 0.346. The maximum absolute atomic E-state index is 12.8. The van der Waals surface area contributed by atoms with Crippen LogP contribution in [0.15, 0.2) is 65.2 Å². The standard InChI is InChI=1S/C26H28N4O2S.ClH/c1-19-7-9-21(10-8-19)22-15-24(31)28-26(23(22)16-27)33-18-25(32)30-13-11-29(12-14-30)17-20-5-3-2-4-6-20;/h2-10,22H,11-15,17-18H2,1H3,(H,28,31);1H. The minimum atomic E-state index is -0.275. The van der Waals surface area contributed by atoms with Crippen molar-refractivity contribution in [1.29, 1.82) is 5.26 Å². The number of aryl methyl sites for hydroxylation is 1. The van der Waals surface area contributed by atoms with Gasteiger partial charge in [-0.2, -0.15) is 5.26 Å². The average Bonchev–Trinajstić information content (AvgIpc) is 2.84. The van der Waals surface area contributed by atoms with Crippen LogP contribution < -0.4 is 5.32 Å². The summed E-state index contributed by atoms with van der Waals surface area (Å²) >= 11 is 1.26. The zero-order valence-electron chi connectivity index (χ0n) is 19.2. The first-order valence-corrected chi connectivity index (χ1v) is 12.2. The third-order valence-electron chi connectivity index (χ3n) is 6.15. The second kappa shape index (κ2) is 12.1. The van der Waals surface area contributed by atoms with Crippen molar-refractivity contribution in [2.45, 2.75) is 25.8 Å². The number of piperazine rings is 1. The van der Waals surface area contributed by atoms with Crippen molar-refractivity contribution >= 4 is 36.0 Å². The molecule has 2 aromatic rings. The Hall–Kier alpha value is -2.79. The van der Waals surface area contributed by atoms with Crippen LogP contribution in [0.25, 0.3) is 0 Å². The van der Waals surface area contributed by atoms with Crippen LogP contribution in [0.2, 0.25) is 0 Å². The molecule has 1 N–H and O–H groups in total. The van der Waals surface area contributed by atoms with Crippen LogP contribution in [0, 0.1) is 18.3 Å². The van der Waals surface area contributed by atoms with Gasteiger partial charge in [-0.1, -0.05) is 71.9 Å². The molecule has 2 aliphatic rings. The number of carbonyl (C=O) groups excluding carboxylic acids is 2. The van der Waals surface area contributed by atoms with E-state index in [1.54, 1.807) is 0 Å². The van der Waals surface area contributed by atoms with Gasteiger partial charge in [0.2, 0.25) is 11.8 Å². The van der Waals surface area contributed by atoms with E-state index >= 15 is 0 Å². The molecule has 0 radical (unpaired) electrons. The number of halogens is 1. The third-order valence-corrected chi connectivity index (χ3v) is 7.15. The highest BCUT2D eigenvalue weighted by Crippen LogP contribution is 2.36. The van der Waals surface area contributed by atoms with Gasteiger partial charge < -0.3 is 10.2 Å². The van der Waals surface area contributed by atoms with Crippen molar-refractivity contribution in [2.24, 2.45) is 0 Å². The Kier molecular flexibility index (Phi) is 9.17. The largest absolute Gasteiger partial charge is 0.339 e. The molecule has 1 atom stereocenters. The van der Waals surface area contributed by atoms with Crippen molar-refractivity contribution in [3.63, 3.8) is 0 Å². The van der Waals surface area contributed by atoms with Gasteiger partial charge >= 0.3 is 0 Å². The lowest BCUT2D eigenvalue weighted by molar-refractivity contribution is -0.130. The predicted octanol–water partition coefficient (Wildman–Crippen LogP) is 3.83. The number of thioether (sulfide) groups is 1. The Morgan fingerprint density at radius 1 is 1.09 bits per heavy atom. The minimum Gasteiger partial charge on any atom is -0.339 e. The second-order valence-corrected chi connectivity index (χ2v) is 9.49. The molecule has 0 saturated carbocycles. The first-order valence-electron chi connectivity index (χ1n) is 11.2. The molecule has 2 heterocycles. The predicted molar refractivity (Wildman–Crippen MR) is 137 cm³/mol. The Balaban J connectivity index is 0.00000324. The number of nitrogens with zero attached hydrogens (tertiary/aromatic N) is 3. The van der Waals surface area contributed by atoms with Gasteiger partial charge in [0.15, 0.2) is 0 Å². The van der Waals surface area contributed by atoms with Crippen molar-refractivity contribution in [1.82, 2.24) is 15.1 Å². The highest BCUT2D eigenvalue weighted by molar-refractivity contribution is 8.03. The van der Waals surface area contributed by atoms with E-state index in [0.717, 1.165) is 30.8 Å². The smallest absolute Gasteiger partial charge is 0.233 e. The van der Waals surface area contributed by atoms with Crippen LogP contribution in [0.1, 0.15) is 29.0 Å². The lowest BCUT2D eigenvalue weighted by Gasteiger charge is -2.35. The maximum Gasteiger partial charge on any atom is 0.233 e. The van der Waals surface area contributed by atoms with E-state index in [4.69, 9.17) is 0 Å². The molecule has 0 spiro atoms. The molecule has 2 amide bonds. The summed E-state index contributed by atoms with van der Waals surface area (Å²) < 4.78 is 0.